The summed E-state index contributed by atoms with van der Waals surface area (Å²) in [6.07, 6.45) is 1.45. The lowest BCUT2D eigenvalue weighted by Crippen LogP contribution is -2.33. The number of carbonyl (C=O) groups excluding carboxylic acids is 1. The van der Waals surface area contributed by atoms with E-state index >= 15 is 0 Å². The first-order valence-corrected chi connectivity index (χ1v) is 14.4. The number of carbonyl (C=O) groups is 1. The van der Waals surface area contributed by atoms with Crippen molar-refractivity contribution in [1.82, 2.24) is 19.5 Å². The number of benzene rings is 2. The molecule has 194 valence electrons. The van der Waals surface area contributed by atoms with Gasteiger partial charge < -0.3 is 14.2 Å². The Kier molecular flexibility index (Phi) is 7.93. The number of ether oxygens (including phenoxy) is 1. The highest BCUT2D eigenvalue weighted by molar-refractivity contribution is 7.94. The van der Waals surface area contributed by atoms with Crippen LogP contribution in [-0.4, -0.2) is 55.3 Å². The third kappa shape index (κ3) is 6.16. The lowest BCUT2D eigenvalue weighted by atomic mass is 10.0. The van der Waals surface area contributed by atoms with Crippen LogP contribution in [-0.2, 0) is 21.2 Å². The molecule has 12 heteroatoms. The fraction of sp³-hybridized carbons (Fsp3) is 0.360. The molecule has 0 spiro atoms. The van der Waals surface area contributed by atoms with Gasteiger partial charge in [-0.3, -0.25) is 4.79 Å². The van der Waals surface area contributed by atoms with Gasteiger partial charge in [-0.25, -0.2) is 8.42 Å². The fourth-order valence-electron chi connectivity index (χ4n) is 4.06. The van der Waals surface area contributed by atoms with Gasteiger partial charge in [0.25, 0.3) is 5.89 Å². The van der Waals surface area contributed by atoms with Crippen LogP contribution in [0.1, 0.15) is 42.6 Å². The molecule has 1 N–H and O–H groups in total. The quantitative estimate of drug-likeness (QED) is 0.405. The lowest BCUT2D eigenvalue weighted by molar-refractivity contribution is -0.125. The molecule has 0 saturated heterocycles. The van der Waals surface area contributed by atoms with Gasteiger partial charge in [0.2, 0.25) is 21.8 Å². The second kappa shape index (κ2) is 11.0. The van der Waals surface area contributed by atoms with Crippen LogP contribution in [0, 0.1) is 11.3 Å². The van der Waals surface area contributed by atoms with Gasteiger partial charge in [0.15, 0.2) is 0 Å². The summed E-state index contributed by atoms with van der Waals surface area (Å²) in [4.78, 5) is 17.7. The molecule has 3 aromatic rings. The molecule has 0 saturated carbocycles. The van der Waals surface area contributed by atoms with Crippen molar-refractivity contribution in [3.63, 3.8) is 0 Å². The third-order valence-electron chi connectivity index (χ3n) is 5.85. The Morgan fingerprint density at radius 3 is 2.81 bits per heavy atom. The second-order valence-electron chi connectivity index (χ2n) is 9.17. The number of fused-ring (bicyclic) bond motifs is 1. The Morgan fingerprint density at radius 1 is 1.32 bits per heavy atom. The maximum Gasteiger partial charge on any atom is 0.258 e. The highest BCUT2D eigenvalue weighted by atomic mass is 32.2. The smallest absolute Gasteiger partial charge is 0.258 e. The van der Waals surface area contributed by atoms with E-state index in [1.54, 1.807) is 18.2 Å². The van der Waals surface area contributed by atoms with E-state index in [9.17, 15) is 18.5 Å². The van der Waals surface area contributed by atoms with E-state index < -0.39 is 21.7 Å². The predicted molar refractivity (Wildman–Crippen MR) is 141 cm³/mol. The number of aromatic nitrogens is 2. The van der Waals surface area contributed by atoms with Crippen LogP contribution >= 0.6 is 8.73 Å². The summed E-state index contributed by atoms with van der Waals surface area (Å²) in [7, 11) is -0.758. The number of nitriles is 1. The van der Waals surface area contributed by atoms with E-state index in [0.717, 1.165) is 29.5 Å². The van der Waals surface area contributed by atoms with E-state index in [1.807, 2.05) is 32.0 Å². The normalized spacial score (nSPS) is 15.2. The summed E-state index contributed by atoms with van der Waals surface area (Å²) in [6, 6.07) is 13.1. The first-order chi connectivity index (χ1) is 17.6. The van der Waals surface area contributed by atoms with E-state index in [2.05, 4.69) is 20.7 Å². The maximum atomic E-state index is 12.3. The van der Waals surface area contributed by atoms with Crippen molar-refractivity contribution in [2.45, 2.75) is 38.5 Å². The Balaban J connectivity index is 1.53. The third-order valence-corrected chi connectivity index (χ3v) is 9.14. The van der Waals surface area contributed by atoms with Gasteiger partial charge in [0.1, 0.15) is 17.6 Å². The van der Waals surface area contributed by atoms with Gasteiger partial charge in [0, 0.05) is 30.9 Å². The van der Waals surface area contributed by atoms with Crippen molar-refractivity contribution in [2.24, 2.45) is 0 Å². The predicted octanol–water partition coefficient (Wildman–Crippen LogP) is 3.65. The van der Waals surface area contributed by atoms with Crippen LogP contribution in [0.15, 0.2) is 40.9 Å². The number of amides is 1. The zero-order chi connectivity index (χ0) is 26.7. The number of hydrogen-bond donors (Lipinski definition) is 1. The van der Waals surface area contributed by atoms with Crippen molar-refractivity contribution >= 4 is 24.7 Å². The standard InChI is InChI=1S/C25H28N5O5PS/c1-15(2)34-21-10-8-16(12-17(21)13-26)25-27-24(28-35-25)20-7-5-6-19-18(20)9-11-22(19)36-29-37(32,33)14-23(31)30(3)4/h5-8,10,12,15,22,29,36H,9,11,14H2,1-4H3. The molecule has 0 fully saturated rings. The number of hydrogen-bond acceptors (Lipinski definition) is 8. The average molecular weight is 542 g/mol. The summed E-state index contributed by atoms with van der Waals surface area (Å²) in [5.74, 6) is 0.166. The Morgan fingerprint density at radius 2 is 2.11 bits per heavy atom. The minimum Gasteiger partial charge on any atom is -0.490 e. The van der Waals surface area contributed by atoms with Crippen molar-refractivity contribution in [2.75, 3.05) is 19.8 Å². The molecule has 0 aliphatic heterocycles. The molecule has 1 aliphatic rings. The van der Waals surface area contributed by atoms with Crippen LogP contribution in [0.2, 0.25) is 0 Å². The minimum absolute atomic E-state index is 0.00255. The van der Waals surface area contributed by atoms with Crippen LogP contribution in [0.5, 0.6) is 5.75 Å². The van der Waals surface area contributed by atoms with Crippen molar-refractivity contribution in [1.29, 1.82) is 5.26 Å². The van der Waals surface area contributed by atoms with Gasteiger partial charge >= 0.3 is 0 Å². The fourth-order valence-corrected chi connectivity index (χ4v) is 6.93. The Bertz CT molecular complexity index is 1460. The monoisotopic (exact) mass is 541 g/mol. The molecule has 1 aromatic heterocycles. The van der Waals surface area contributed by atoms with Crippen LogP contribution in [0.3, 0.4) is 0 Å². The Labute approximate surface area is 217 Å². The van der Waals surface area contributed by atoms with Crippen molar-refractivity contribution < 1.29 is 22.5 Å². The molecule has 4 rings (SSSR count). The molecule has 2 atom stereocenters. The van der Waals surface area contributed by atoms with Gasteiger partial charge in [0.05, 0.1) is 11.7 Å². The first kappa shape index (κ1) is 26.7. The molecular formula is C25H28N5O5PS. The average Bonchev–Trinajstić information content (AvgIpc) is 3.50. The van der Waals surface area contributed by atoms with Gasteiger partial charge in [-0.15, -0.1) is 0 Å². The molecule has 1 aliphatic carbocycles. The van der Waals surface area contributed by atoms with Gasteiger partial charge in [-0.05, 0) is 64.7 Å². The molecule has 1 heterocycles. The van der Waals surface area contributed by atoms with Gasteiger partial charge in [-0.2, -0.15) is 14.7 Å². The van der Waals surface area contributed by atoms with Crippen molar-refractivity contribution in [3.05, 3.63) is 53.1 Å². The van der Waals surface area contributed by atoms with E-state index in [-0.39, 0.29) is 26.4 Å². The zero-order valence-electron chi connectivity index (χ0n) is 21.0. The summed E-state index contributed by atoms with van der Waals surface area (Å²) < 4.78 is 38.5. The summed E-state index contributed by atoms with van der Waals surface area (Å²) in [5.41, 5.74) is 3.90. The lowest BCUT2D eigenvalue weighted by Gasteiger charge is -2.15. The minimum atomic E-state index is -3.72. The molecule has 37 heavy (non-hydrogen) atoms. The van der Waals surface area contributed by atoms with E-state index in [4.69, 9.17) is 9.26 Å². The van der Waals surface area contributed by atoms with E-state index in [1.165, 1.54) is 19.0 Å². The first-order valence-electron chi connectivity index (χ1n) is 11.7. The molecule has 2 unspecified atom stereocenters. The Hall–Kier alpha value is -3.32. The summed E-state index contributed by atoms with van der Waals surface area (Å²) in [5, 5.41) is 13.7. The van der Waals surface area contributed by atoms with Crippen LogP contribution in [0.4, 0.5) is 0 Å². The molecule has 0 radical (unpaired) electrons. The molecule has 2 aromatic carbocycles. The van der Waals surface area contributed by atoms with Crippen molar-refractivity contribution in [3.8, 4) is 34.7 Å². The molecular weight excluding hydrogens is 513 g/mol. The summed E-state index contributed by atoms with van der Waals surface area (Å²) >= 11 is 0. The number of nitrogens with one attached hydrogen (secondary N) is 1. The molecule has 0 bridgehead atoms. The zero-order valence-corrected chi connectivity index (χ0v) is 22.8. The number of sulfonamides is 1. The highest BCUT2D eigenvalue weighted by Crippen LogP contribution is 2.46. The maximum absolute atomic E-state index is 12.3. The van der Waals surface area contributed by atoms with Crippen LogP contribution < -0.4 is 9.23 Å². The molecule has 10 nitrogen and oxygen atoms in total. The second-order valence-corrected chi connectivity index (χ2v) is 12.5. The summed E-state index contributed by atoms with van der Waals surface area (Å²) in [6.45, 7) is 3.79. The molecule has 1 amide bonds. The largest absolute Gasteiger partial charge is 0.490 e. The topological polar surface area (TPSA) is 138 Å². The number of rotatable bonds is 9. The van der Waals surface area contributed by atoms with E-state index in [0.29, 0.717) is 22.7 Å². The van der Waals surface area contributed by atoms with Crippen LogP contribution in [0.25, 0.3) is 22.8 Å². The number of nitrogens with zero attached hydrogens (tertiary/aromatic N) is 4. The highest BCUT2D eigenvalue weighted by Gasteiger charge is 2.28. The SMILES string of the molecule is CC(C)Oc1ccc(-c2nc(-c3cccc4c3CCC4PNS(=O)(=O)CC(=O)N(C)C)no2)cc1C#N. The van der Waals surface area contributed by atoms with Gasteiger partial charge in [-0.1, -0.05) is 23.4 Å².